The van der Waals surface area contributed by atoms with Crippen LogP contribution in [-0.4, -0.2) is 0 Å². The van der Waals surface area contributed by atoms with Gasteiger partial charge in [0, 0.05) is 0 Å². The average Bonchev–Trinajstić information content (AvgIpc) is 2.64. The molecule has 0 amide bonds. The monoisotopic (exact) mass is 324 g/mol. The highest BCUT2D eigenvalue weighted by Gasteiger charge is 2.30. The molecule has 0 unspecified atom stereocenters. The molecule has 0 spiro atoms. The number of hydrogen-bond acceptors (Lipinski definition) is 0. The zero-order chi connectivity index (χ0) is 16.8. The molecule has 0 N–H and O–H groups in total. The highest BCUT2D eigenvalue weighted by molar-refractivity contribution is 5.49. The van der Waals surface area contributed by atoms with Gasteiger partial charge in [-0.05, 0) is 80.2 Å². The van der Waals surface area contributed by atoms with Gasteiger partial charge in [0.1, 0.15) is 0 Å². The van der Waals surface area contributed by atoms with Gasteiger partial charge in [-0.15, -0.1) is 0 Å². The average molecular weight is 325 g/mol. The Morgan fingerprint density at radius 2 is 1.42 bits per heavy atom. The zero-order valence-corrected chi connectivity index (χ0v) is 15.8. The Balaban J connectivity index is 1.47. The number of allylic oxidation sites excluding steroid dienone is 1. The van der Waals surface area contributed by atoms with Crippen LogP contribution in [0.1, 0.15) is 95.1 Å². The molecule has 0 atom stereocenters. The Hall–Kier alpha value is -1.04. The fourth-order valence-electron chi connectivity index (χ4n) is 5.35. The zero-order valence-electron chi connectivity index (χ0n) is 15.8. The van der Waals surface area contributed by atoms with E-state index in [9.17, 15) is 0 Å². The first-order valence-corrected chi connectivity index (χ1v) is 10.5. The summed E-state index contributed by atoms with van der Waals surface area (Å²) in [4.78, 5) is 0. The van der Waals surface area contributed by atoms with E-state index in [4.69, 9.17) is 0 Å². The molecule has 2 aliphatic rings. The summed E-state index contributed by atoms with van der Waals surface area (Å²) >= 11 is 0. The molecule has 0 bridgehead atoms. The molecule has 0 heterocycles. The fourth-order valence-corrected chi connectivity index (χ4v) is 5.35. The summed E-state index contributed by atoms with van der Waals surface area (Å²) < 4.78 is 0. The van der Waals surface area contributed by atoms with Crippen LogP contribution in [0, 0.1) is 17.8 Å². The van der Waals surface area contributed by atoms with Gasteiger partial charge in [0.25, 0.3) is 0 Å². The molecular weight excluding hydrogens is 288 g/mol. The normalized spacial score (nSPS) is 31.4. The van der Waals surface area contributed by atoms with Gasteiger partial charge in [0.15, 0.2) is 0 Å². The van der Waals surface area contributed by atoms with Gasteiger partial charge in [-0.2, -0.15) is 0 Å². The predicted molar refractivity (Wildman–Crippen MR) is 106 cm³/mol. The summed E-state index contributed by atoms with van der Waals surface area (Å²) in [5.41, 5.74) is 2.91. The van der Waals surface area contributed by atoms with Crippen molar-refractivity contribution in [2.45, 2.75) is 84.0 Å². The highest BCUT2D eigenvalue weighted by atomic mass is 14.4. The van der Waals surface area contributed by atoms with Crippen LogP contribution in [0.2, 0.25) is 0 Å². The molecule has 0 radical (unpaired) electrons. The molecule has 0 saturated heterocycles. The minimum absolute atomic E-state index is 0.817. The largest absolute Gasteiger partial charge is 0.0871 e. The summed E-state index contributed by atoms with van der Waals surface area (Å²) in [5.74, 6) is 3.96. The van der Waals surface area contributed by atoms with Gasteiger partial charge in [-0.25, -0.2) is 0 Å². The number of benzene rings is 1. The first kappa shape index (κ1) is 17.8. The Morgan fingerprint density at radius 3 is 1.96 bits per heavy atom. The molecule has 1 aromatic rings. The number of rotatable bonds is 5. The highest BCUT2D eigenvalue weighted by Crippen LogP contribution is 2.44. The molecule has 0 aromatic heterocycles. The molecule has 132 valence electrons. The van der Waals surface area contributed by atoms with Crippen molar-refractivity contribution < 1.29 is 0 Å². The van der Waals surface area contributed by atoms with E-state index in [1.807, 2.05) is 0 Å². The summed E-state index contributed by atoms with van der Waals surface area (Å²) in [6.45, 7) is 4.43. The molecule has 3 rings (SSSR count). The van der Waals surface area contributed by atoms with Crippen molar-refractivity contribution in [3.63, 3.8) is 0 Å². The summed E-state index contributed by atoms with van der Waals surface area (Å²) in [7, 11) is 0. The van der Waals surface area contributed by atoms with Crippen molar-refractivity contribution in [2.24, 2.45) is 17.8 Å². The second-order valence-corrected chi connectivity index (χ2v) is 8.35. The van der Waals surface area contributed by atoms with Crippen LogP contribution in [0.25, 0.3) is 6.08 Å². The van der Waals surface area contributed by atoms with E-state index in [2.05, 4.69) is 50.3 Å². The first-order chi connectivity index (χ1) is 11.8. The van der Waals surface area contributed by atoms with Gasteiger partial charge < -0.3 is 0 Å². The lowest BCUT2D eigenvalue weighted by Crippen LogP contribution is -2.25. The molecule has 2 saturated carbocycles. The van der Waals surface area contributed by atoms with E-state index in [1.165, 1.54) is 69.8 Å². The summed E-state index contributed by atoms with van der Waals surface area (Å²) in [5, 5.41) is 0. The Kier molecular flexibility index (Phi) is 6.58. The molecule has 0 aliphatic heterocycles. The van der Waals surface area contributed by atoms with Crippen LogP contribution < -0.4 is 0 Å². The lowest BCUT2D eigenvalue weighted by Gasteiger charge is -2.38. The Labute approximate surface area is 149 Å². The van der Waals surface area contributed by atoms with Crippen molar-refractivity contribution in [3.8, 4) is 0 Å². The third kappa shape index (κ3) is 4.52. The van der Waals surface area contributed by atoms with E-state index in [-0.39, 0.29) is 0 Å². The summed E-state index contributed by atoms with van der Waals surface area (Å²) in [6, 6.07) is 9.32. The number of hydrogen-bond donors (Lipinski definition) is 0. The molecule has 2 aliphatic carbocycles. The van der Waals surface area contributed by atoms with Crippen LogP contribution >= 0.6 is 0 Å². The maximum absolute atomic E-state index is 2.37. The quantitative estimate of drug-likeness (QED) is 0.523. The Bertz CT molecular complexity index is 493. The van der Waals surface area contributed by atoms with Gasteiger partial charge >= 0.3 is 0 Å². The Morgan fingerprint density at radius 1 is 0.833 bits per heavy atom. The second kappa shape index (κ2) is 8.88. The maximum Gasteiger partial charge on any atom is -0.0162 e. The van der Waals surface area contributed by atoms with E-state index in [0.29, 0.717) is 0 Å². The van der Waals surface area contributed by atoms with Crippen molar-refractivity contribution in [1.82, 2.24) is 0 Å². The van der Waals surface area contributed by atoms with E-state index < -0.39 is 0 Å². The third-order valence-electron chi connectivity index (χ3n) is 6.79. The lowest BCUT2D eigenvalue weighted by atomic mass is 9.68. The van der Waals surface area contributed by atoms with Crippen molar-refractivity contribution >= 4 is 6.08 Å². The lowest BCUT2D eigenvalue weighted by molar-refractivity contribution is 0.156. The molecule has 24 heavy (non-hydrogen) atoms. The van der Waals surface area contributed by atoms with Gasteiger partial charge in [0.2, 0.25) is 0 Å². The maximum atomic E-state index is 2.37. The molecule has 0 heteroatoms. The van der Waals surface area contributed by atoms with Gasteiger partial charge in [-0.1, -0.05) is 69.0 Å². The predicted octanol–water partition coefficient (Wildman–Crippen LogP) is 7.60. The molecule has 0 nitrogen and oxygen atoms in total. The topological polar surface area (TPSA) is 0 Å². The van der Waals surface area contributed by atoms with Gasteiger partial charge in [0.05, 0.1) is 0 Å². The van der Waals surface area contributed by atoms with Crippen LogP contribution in [0.4, 0.5) is 0 Å². The van der Waals surface area contributed by atoms with E-state index in [1.54, 1.807) is 5.56 Å². The standard InChI is InChI=1S/C24H36/c1-3-5-19-7-11-21(12-8-19)23-15-17-24(18-16-23)22-13-9-20(6-4-2)10-14-22/h3,5,7-8,11-12,20,22-24H,4,6,9-10,13-18H2,1-2H3/b5-3+. The van der Waals surface area contributed by atoms with Crippen molar-refractivity contribution in [3.05, 3.63) is 41.5 Å². The van der Waals surface area contributed by atoms with Crippen LogP contribution in [0.5, 0.6) is 0 Å². The van der Waals surface area contributed by atoms with E-state index >= 15 is 0 Å². The van der Waals surface area contributed by atoms with Crippen LogP contribution in [0.3, 0.4) is 0 Å². The first-order valence-electron chi connectivity index (χ1n) is 10.5. The molecular formula is C24H36. The van der Waals surface area contributed by atoms with E-state index in [0.717, 1.165) is 23.7 Å². The van der Waals surface area contributed by atoms with Crippen molar-refractivity contribution in [2.75, 3.05) is 0 Å². The molecule has 1 aromatic carbocycles. The minimum Gasteiger partial charge on any atom is -0.0871 e. The third-order valence-corrected chi connectivity index (χ3v) is 6.79. The van der Waals surface area contributed by atoms with Gasteiger partial charge in [-0.3, -0.25) is 0 Å². The summed E-state index contributed by atoms with van der Waals surface area (Å²) in [6.07, 6.45) is 19.0. The van der Waals surface area contributed by atoms with Crippen LogP contribution in [0.15, 0.2) is 30.3 Å². The SMILES string of the molecule is C/C=C/c1ccc(C2CCC(C3CCC(CCC)CC3)CC2)cc1. The fraction of sp³-hybridized carbons (Fsp3) is 0.667. The van der Waals surface area contributed by atoms with Crippen LogP contribution in [-0.2, 0) is 0 Å². The smallest absolute Gasteiger partial charge is 0.0162 e. The van der Waals surface area contributed by atoms with Crippen molar-refractivity contribution in [1.29, 1.82) is 0 Å². The minimum atomic E-state index is 0.817. The molecule has 2 fully saturated rings. The second-order valence-electron chi connectivity index (χ2n) is 8.35.